The minimum Gasteiger partial charge on any atom is -0.469 e. The minimum atomic E-state index is 0.571. The van der Waals surface area contributed by atoms with Gasteiger partial charge in [0.15, 0.2) is 5.58 Å². The number of aryl methyl sites for hydroxylation is 1. The highest BCUT2D eigenvalue weighted by Gasteiger charge is 2.12. The molecule has 0 saturated heterocycles. The summed E-state index contributed by atoms with van der Waals surface area (Å²) in [5, 5.41) is 0. The molecule has 3 rings (SSSR count). The van der Waals surface area contributed by atoms with Gasteiger partial charge in [0.05, 0.1) is 12.8 Å². The van der Waals surface area contributed by atoms with E-state index in [1.54, 1.807) is 18.4 Å². The first kappa shape index (κ1) is 11.6. The van der Waals surface area contributed by atoms with Crippen molar-refractivity contribution in [3.05, 3.63) is 41.9 Å². The molecule has 0 unspecified atom stereocenters. The Hall–Kier alpha value is -2.43. The van der Waals surface area contributed by atoms with Crippen molar-refractivity contribution in [1.29, 1.82) is 0 Å². The molecular formula is C14H15N3O2. The van der Waals surface area contributed by atoms with Gasteiger partial charge in [0, 0.05) is 18.3 Å². The van der Waals surface area contributed by atoms with E-state index in [1.165, 1.54) is 0 Å². The smallest absolute Gasteiger partial charge is 0.298 e. The number of nitrogens with zero attached hydrogens (tertiary/aromatic N) is 2. The van der Waals surface area contributed by atoms with E-state index in [-0.39, 0.29) is 0 Å². The van der Waals surface area contributed by atoms with Crippen LogP contribution >= 0.6 is 0 Å². The van der Waals surface area contributed by atoms with Crippen LogP contribution in [-0.4, -0.2) is 12.0 Å². The third-order valence-corrected chi connectivity index (χ3v) is 3.10. The summed E-state index contributed by atoms with van der Waals surface area (Å²) in [4.78, 5) is 6.37. The summed E-state index contributed by atoms with van der Waals surface area (Å²) in [5.41, 5.74) is 9.03. The first-order chi connectivity index (χ1) is 9.13. The van der Waals surface area contributed by atoms with Crippen molar-refractivity contribution in [2.75, 3.05) is 17.7 Å². The number of hydrogen-bond donors (Lipinski definition) is 1. The van der Waals surface area contributed by atoms with Gasteiger partial charge in [-0.15, -0.1) is 0 Å². The molecule has 0 fully saturated rings. The number of rotatable bonds is 3. The number of nitrogen functional groups attached to an aromatic ring is 1. The van der Waals surface area contributed by atoms with Gasteiger partial charge in [0.1, 0.15) is 11.3 Å². The van der Waals surface area contributed by atoms with Gasteiger partial charge in [0.25, 0.3) is 6.01 Å². The minimum absolute atomic E-state index is 0.571. The van der Waals surface area contributed by atoms with E-state index in [0.717, 1.165) is 22.4 Å². The van der Waals surface area contributed by atoms with Crippen LogP contribution in [0.25, 0.3) is 11.1 Å². The van der Waals surface area contributed by atoms with Crippen LogP contribution in [0.15, 0.2) is 39.4 Å². The Kier molecular flexibility index (Phi) is 2.67. The Labute approximate surface area is 110 Å². The summed E-state index contributed by atoms with van der Waals surface area (Å²) < 4.78 is 11.0. The van der Waals surface area contributed by atoms with E-state index in [4.69, 9.17) is 14.6 Å². The molecule has 0 bridgehead atoms. The van der Waals surface area contributed by atoms with E-state index in [2.05, 4.69) is 4.98 Å². The van der Waals surface area contributed by atoms with Gasteiger partial charge in [-0.3, -0.25) is 0 Å². The third kappa shape index (κ3) is 2.14. The standard InChI is InChI=1S/C14H15N3O2/c1-9-10(5-6-18-9)8-17(2)14-16-12-7-11(15)3-4-13(12)19-14/h3-7H,8,15H2,1-2H3. The summed E-state index contributed by atoms with van der Waals surface area (Å²) >= 11 is 0. The molecule has 2 heterocycles. The van der Waals surface area contributed by atoms with Gasteiger partial charge in [-0.05, 0) is 31.2 Å². The second-order valence-corrected chi connectivity index (χ2v) is 4.58. The maximum absolute atomic E-state index is 5.73. The molecule has 0 aliphatic carbocycles. The van der Waals surface area contributed by atoms with Crippen molar-refractivity contribution in [1.82, 2.24) is 4.98 Å². The lowest BCUT2D eigenvalue weighted by Crippen LogP contribution is -2.16. The molecule has 2 N–H and O–H groups in total. The zero-order valence-electron chi connectivity index (χ0n) is 10.9. The van der Waals surface area contributed by atoms with Gasteiger partial charge in [-0.2, -0.15) is 4.98 Å². The molecule has 2 aromatic heterocycles. The highest BCUT2D eigenvalue weighted by Crippen LogP contribution is 2.24. The highest BCUT2D eigenvalue weighted by atomic mass is 16.4. The largest absolute Gasteiger partial charge is 0.469 e. The topological polar surface area (TPSA) is 68.4 Å². The fourth-order valence-corrected chi connectivity index (χ4v) is 1.99. The van der Waals surface area contributed by atoms with Gasteiger partial charge in [-0.1, -0.05) is 0 Å². The molecule has 0 aliphatic heterocycles. The Bertz CT molecular complexity index is 714. The molecule has 0 atom stereocenters. The first-order valence-electron chi connectivity index (χ1n) is 6.03. The number of furan rings is 1. The molecule has 3 aromatic rings. The predicted octanol–water partition coefficient (Wildman–Crippen LogP) is 2.95. The quantitative estimate of drug-likeness (QED) is 0.730. The zero-order chi connectivity index (χ0) is 13.4. The van der Waals surface area contributed by atoms with E-state index in [0.29, 0.717) is 18.2 Å². The van der Waals surface area contributed by atoms with Crippen molar-refractivity contribution >= 4 is 22.8 Å². The molecular weight excluding hydrogens is 242 g/mol. The molecule has 5 heteroatoms. The van der Waals surface area contributed by atoms with Gasteiger partial charge in [-0.25, -0.2) is 0 Å². The van der Waals surface area contributed by atoms with Crippen LogP contribution in [-0.2, 0) is 6.54 Å². The average molecular weight is 257 g/mol. The lowest BCUT2D eigenvalue weighted by molar-refractivity contribution is 0.527. The lowest BCUT2D eigenvalue weighted by Gasteiger charge is -2.13. The Balaban J connectivity index is 1.89. The molecule has 0 saturated carbocycles. The second-order valence-electron chi connectivity index (χ2n) is 4.58. The van der Waals surface area contributed by atoms with Gasteiger partial charge in [0.2, 0.25) is 0 Å². The monoisotopic (exact) mass is 257 g/mol. The number of aromatic nitrogens is 1. The predicted molar refractivity (Wildman–Crippen MR) is 74.0 cm³/mol. The fraction of sp³-hybridized carbons (Fsp3) is 0.214. The Morgan fingerprint density at radius 1 is 1.32 bits per heavy atom. The molecule has 0 amide bonds. The van der Waals surface area contributed by atoms with Crippen molar-refractivity contribution in [2.45, 2.75) is 13.5 Å². The summed E-state index contributed by atoms with van der Waals surface area (Å²) in [6, 6.07) is 7.96. The van der Waals surface area contributed by atoms with Gasteiger partial charge >= 0.3 is 0 Å². The number of fused-ring (bicyclic) bond motifs is 1. The normalized spacial score (nSPS) is 11.1. The zero-order valence-corrected chi connectivity index (χ0v) is 10.9. The van der Waals surface area contributed by atoms with Crippen LogP contribution in [0, 0.1) is 6.92 Å². The first-order valence-corrected chi connectivity index (χ1v) is 6.03. The molecule has 98 valence electrons. The van der Waals surface area contributed by atoms with Crippen LogP contribution < -0.4 is 10.6 Å². The van der Waals surface area contributed by atoms with E-state index in [1.807, 2.05) is 31.0 Å². The average Bonchev–Trinajstić information content (AvgIpc) is 2.96. The third-order valence-electron chi connectivity index (χ3n) is 3.10. The molecule has 0 radical (unpaired) electrons. The molecule has 5 nitrogen and oxygen atoms in total. The highest BCUT2D eigenvalue weighted by molar-refractivity contribution is 5.78. The number of oxazole rings is 1. The number of benzene rings is 1. The Morgan fingerprint density at radius 3 is 2.89 bits per heavy atom. The second kappa shape index (κ2) is 4.35. The van der Waals surface area contributed by atoms with E-state index < -0.39 is 0 Å². The molecule has 0 aliphatic rings. The fourth-order valence-electron chi connectivity index (χ4n) is 1.99. The SMILES string of the molecule is Cc1occc1CN(C)c1nc2cc(N)ccc2o1. The maximum atomic E-state index is 5.73. The summed E-state index contributed by atoms with van der Waals surface area (Å²) in [6.07, 6.45) is 1.69. The number of hydrogen-bond acceptors (Lipinski definition) is 5. The van der Waals surface area contributed by atoms with E-state index >= 15 is 0 Å². The van der Waals surface area contributed by atoms with Crippen molar-refractivity contribution < 1.29 is 8.83 Å². The van der Waals surface area contributed by atoms with Crippen LogP contribution in [0.1, 0.15) is 11.3 Å². The van der Waals surface area contributed by atoms with E-state index in [9.17, 15) is 0 Å². The summed E-state index contributed by atoms with van der Waals surface area (Å²) in [6.45, 7) is 2.63. The van der Waals surface area contributed by atoms with Crippen LogP contribution in [0.2, 0.25) is 0 Å². The van der Waals surface area contributed by atoms with Crippen molar-refractivity contribution in [2.24, 2.45) is 0 Å². The number of nitrogens with two attached hydrogens (primary N) is 1. The number of anilines is 2. The summed E-state index contributed by atoms with van der Waals surface area (Å²) in [5.74, 6) is 0.909. The lowest BCUT2D eigenvalue weighted by atomic mass is 10.2. The van der Waals surface area contributed by atoms with Crippen LogP contribution in [0.3, 0.4) is 0 Å². The molecule has 1 aromatic carbocycles. The maximum Gasteiger partial charge on any atom is 0.298 e. The summed E-state index contributed by atoms with van der Waals surface area (Å²) in [7, 11) is 1.93. The van der Waals surface area contributed by atoms with Crippen molar-refractivity contribution in [3.8, 4) is 0 Å². The molecule has 19 heavy (non-hydrogen) atoms. The van der Waals surface area contributed by atoms with Crippen LogP contribution in [0.5, 0.6) is 0 Å². The van der Waals surface area contributed by atoms with Crippen molar-refractivity contribution in [3.63, 3.8) is 0 Å². The molecule has 0 spiro atoms. The Morgan fingerprint density at radius 2 is 2.16 bits per heavy atom. The van der Waals surface area contributed by atoms with Crippen LogP contribution in [0.4, 0.5) is 11.7 Å². The van der Waals surface area contributed by atoms with Gasteiger partial charge < -0.3 is 19.5 Å².